The predicted molar refractivity (Wildman–Crippen MR) is 102 cm³/mol. The second-order valence-electron chi connectivity index (χ2n) is 7.99. The Morgan fingerprint density at radius 2 is 2.11 bits per heavy atom. The third-order valence-corrected chi connectivity index (χ3v) is 5.07. The molecular weight excluding hydrogens is 388 g/mol. The van der Waals surface area contributed by atoms with Crippen molar-refractivity contribution >= 4 is 29.1 Å². The first-order valence-corrected chi connectivity index (χ1v) is 9.23. The molecule has 2 aliphatic rings. The number of anilines is 1. The molecule has 150 valence electrons. The van der Waals surface area contributed by atoms with Crippen molar-refractivity contribution in [2.24, 2.45) is 0 Å². The Kier molecular flexibility index (Phi) is 5.02. The van der Waals surface area contributed by atoms with Crippen molar-refractivity contribution in [2.75, 3.05) is 25.0 Å². The third-order valence-electron chi connectivity index (χ3n) is 4.78. The van der Waals surface area contributed by atoms with Crippen molar-refractivity contribution in [1.82, 2.24) is 4.90 Å². The van der Waals surface area contributed by atoms with Crippen LogP contribution in [-0.2, 0) is 4.74 Å². The fourth-order valence-electron chi connectivity index (χ4n) is 3.35. The number of nitrogens with zero attached hydrogens (tertiary/aromatic N) is 3. The average molecular weight is 409 g/mol. The number of rotatable bonds is 1. The summed E-state index contributed by atoms with van der Waals surface area (Å²) in [6, 6.07) is 2.99. The van der Waals surface area contributed by atoms with E-state index in [2.05, 4.69) is 5.32 Å². The molecule has 0 atom stereocenters. The number of benzene rings is 1. The number of likely N-dealkylation sites (tertiary alicyclic amines) is 1. The molecule has 28 heavy (non-hydrogen) atoms. The summed E-state index contributed by atoms with van der Waals surface area (Å²) in [4.78, 5) is 24.4. The third kappa shape index (κ3) is 3.78. The molecule has 0 aliphatic carbocycles. The first kappa shape index (κ1) is 20.0. The predicted octanol–water partition coefficient (Wildman–Crippen LogP) is 3.69. The Morgan fingerprint density at radius 3 is 2.64 bits per heavy atom. The highest BCUT2D eigenvalue weighted by atomic mass is 35.5. The summed E-state index contributed by atoms with van der Waals surface area (Å²) in [5, 5.41) is 24.0. The van der Waals surface area contributed by atoms with E-state index in [0.717, 1.165) is 6.07 Å². The number of ether oxygens (including phenoxy) is 2. The van der Waals surface area contributed by atoms with E-state index in [4.69, 9.17) is 21.1 Å². The molecule has 1 aromatic rings. The summed E-state index contributed by atoms with van der Waals surface area (Å²) in [5.41, 5.74) is -1.20. The first-order valence-electron chi connectivity index (χ1n) is 8.85. The summed E-state index contributed by atoms with van der Waals surface area (Å²) in [6.45, 7) is 6.61. The number of carbonyl (C=O) groups excluding carboxylic acids is 1. The van der Waals surface area contributed by atoms with Crippen LogP contribution in [0.1, 0.15) is 39.2 Å². The number of fused-ring (bicyclic) bond motifs is 1. The molecule has 1 saturated heterocycles. The second kappa shape index (κ2) is 7.02. The van der Waals surface area contributed by atoms with Gasteiger partial charge < -0.3 is 19.7 Å². The zero-order chi connectivity index (χ0) is 20.7. The van der Waals surface area contributed by atoms with Crippen LogP contribution in [0, 0.1) is 21.4 Å². The maximum Gasteiger partial charge on any atom is 0.410 e. The van der Waals surface area contributed by atoms with Crippen LogP contribution in [-0.4, -0.2) is 46.8 Å². The second-order valence-corrected chi connectivity index (χ2v) is 8.39. The van der Waals surface area contributed by atoms with E-state index in [-0.39, 0.29) is 34.7 Å². The molecule has 0 saturated carbocycles. The van der Waals surface area contributed by atoms with Crippen molar-refractivity contribution in [1.29, 1.82) is 5.26 Å². The molecule has 3 rings (SSSR count). The lowest BCUT2D eigenvalue weighted by molar-refractivity contribution is -0.385. The number of carbonyl (C=O) groups is 1. The normalized spacial score (nSPS) is 17.8. The van der Waals surface area contributed by atoms with Gasteiger partial charge in [0.1, 0.15) is 18.3 Å². The van der Waals surface area contributed by atoms with Crippen LogP contribution in [0.4, 0.5) is 16.2 Å². The van der Waals surface area contributed by atoms with Gasteiger partial charge in [0.25, 0.3) is 5.69 Å². The van der Waals surface area contributed by atoms with Crippen molar-refractivity contribution in [3.63, 3.8) is 0 Å². The molecule has 0 unspecified atom stereocenters. The molecule has 9 nitrogen and oxygen atoms in total. The van der Waals surface area contributed by atoms with E-state index in [9.17, 15) is 20.2 Å². The van der Waals surface area contributed by atoms with Gasteiger partial charge in [-0.2, -0.15) is 5.26 Å². The van der Waals surface area contributed by atoms with Crippen LogP contribution >= 0.6 is 11.6 Å². The Balaban J connectivity index is 1.79. The van der Waals surface area contributed by atoms with E-state index in [1.165, 1.54) is 0 Å². The summed E-state index contributed by atoms with van der Waals surface area (Å²) in [7, 11) is 0. The molecular formula is C18H21ClN4O5. The van der Waals surface area contributed by atoms with Gasteiger partial charge in [0.05, 0.1) is 21.2 Å². The minimum Gasteiger partial charge on any atom is -0.487 e. The number of nitro benzene ring substituents is 1. The smallest absolute Gasteiger partial charge is 0.410 e. The van der Waals surface area contributed by atoms with Gasteiger partial charge in [-0.3, -0.25) is 10.1 Å². The average Bonchev–Trinajstić information content (AvgIpc) is 2.61. The highest BCUT2D eigenvalue weighted by molar-refractivity contribution is 6.34. The number of nitriles is 1. The molecule has 1 N–H and O–H groups in total. The van der Waals surface area contributed by atoms with Crippen LogP contribution in [0.2, 0.25) is 5.02 Å². The minimum atomic E-state index is -0.655. The summed E-state index contributed by atoms with van der Waals surface area (Å²) >= 11 is 6.23. The molecule has 0 aromatic heterocycles. The van der Waals surface area contributed by atoms with Crippen LogP contribution in [0.3, 0.4) is 0 Å². The standard InChI is InChI=1S/C18H21ClN4O5/c1-17(2,3)28-16(24)22-6-4-18(5-7-22)10-27-15-11(9-20)13(23(25)26)8-12(19)14(15)21-18/h8,21H,4-7,10H2,1-3H3. The van der Waals surface area contributed by atoms with Gasteiger partial charge in [-0.05, 0) is 33.6 Å². The molecule has 1 amide bonds. The van der Waals surface area contributed by atoms with Gasteiger partial charge in [-0.1, -0.05) is 11.6 Å². The highest BCUT2D eigenvalue weighted by Crippen LogP contribution is 2.46. The zero-order valence-corrected chi connectivity index (χ0v) is 16.6. The SMILES string of the molecule is CC(C)(C)OC(=O)N1CCC2(CC1)COc1c(C#N)c([N+](=O)[O-])cc(Cl)c1N2. The lowest BCUT2D eigenvalue weighted by Crippen LogP contribution is -2.56. The van der Waals surface area contributed by atoms with Gasteiger partial charge in [0.15, 0.2) is 11.3 Å². The Bertz CT molecular complexity index is 866. The van der Waals surface area contributed by atoms with Gasteiger partial charge in [-0.25, -0.2) is 4.79 Å². The van der Waals surface area contributed by atoms with Crippen LogP contribution < -0.4 is 10.1 Å². The molecule has 2 aliphatic heterocycles. The maximum absolute atomic E-state index is 12.3. The number of piperidine rings is 1. The number of hydrogen-bond acceptors (Lipinski definition) is 7. The summed E-state index contributed by atoms with van der Waals surface area (Å²) in [5.74, 6) is 0.0990. The topological polar surface area (TPSA) is 118 Å². The molecule has 2 heterocycles. The zero-order valence-electron chi connectivity index (χ0n) is 15.9. The first-order chi connectivity index (χ1) is 13.1. The van der Waals surface area contributed by atoms with Gasteiger partial charge in [-0.15, -0.1) is 0 Å². The Labute approximate surface area is 167 Å². The molecule has 1 fully saturated rings. The lowest BCUT2D eigenvalue weighted by Gasteiger charge is -2.45. The molecule has 10 heteroatoms. The molecule has 0 bridgehead atoms. The van der Waals surface area contributed by atoms with Crippen LogP contribution in [0.25, 0.3) is 0 Å². The van der Waals surface area contributed by atoms with E-state index in [1.807, 2.05) is 26.8 Å². The van der Waals surface area contributed by atoms with Crippen LogP contribution in [0.15, 0.2) is 6.07 Å². The Hall–Kier alpha value is -2.73. The van der Waals surface area contributed by atoms with Gasteiger partial charge >= 0.3 is 6.09 Å². The van der Waals surface area contributed by atoms with Crippen molar-refractivity contribution in [3.8, 4) is 11.8 Å². The van der Waals surface area contributed by atoms with Gasteiger partial charge in [0, 0.05) is 19.2 Å². The lowest BCUT2D eigenvalue weighted by atomic mass is 9.86. The summed E-state index contributed by atoms with van der Waals surface area (Å²) in [6.07, 6.45) is 0.807. The molecule has 1 spiro atoms. The largest absolute Gasteiger partial charge is 0.487 e. The van der Waals surface area contributed by atoms with Crippen LogP contribution in [0.5, 0.6) is 5.75 Å². The number of nitro groups is 1. The van der Waals surface area contributed by atoms with Crippen molar-refractivity contribution in [3.05, 3.63) is 26.8 Å². The highest BCUT2D eigenvalue weighted by Gasteiger charge is 2.42. The van der Waals surface area contributed by atoms with E-state index < -0.39 is 16.1 Å². The van der Waals surface area contributed by atoms with E-state index in [0.29, 0.717) is 31.6 Å². The number of amides is 1. The van der Waals surface area contributed by atoms with Crippen molar-refractivity contribution < 1.29 is 19.2 Å². The summed E-state index contributed by atoms with van der Waals surface area (Å²) < 4.78 is 11.2. The number of hydrogen-bond donors (Lipinski definition) is 1. The van der Waals surface area contributed by atoms with E-state index >= 15 is 0 Å². The fraction of sp³-hybridized carbons (Fsp3) is 0.556. The molecule has 0 radical (unpaired) electrons. The number of nitrogens with one attached hydrogen (secondary N) is 1. The van der Waals surface area contributed by atoms with Crippen molar-refractivity contribution in [2.45, 2.75) is 44.8 Å². The maximum atomic E-state index is 12.3. The number of halogens is 1. The molecule has 1 aromatic carbocycles. The minimum absolute atomic E-state index is 0.0990. The quantitative estimate of drug-likeness (QED) is 0.556. The Morgan fingerprint density at radius 1 is 1.46 bits per heavy atom. The van der Waals surface area contributed by atoms with E-state index in [1.54, 1.807) is 4.90 Å². The fourth-order valence-corrected chi connectivity index (χ4v) is 3.59. The monoisotopic (exact) mass is 408 g/mol. The van der Waals surface area contributed by atoms with Gasteiger partial charge in [0.2, 0.25) is 0 Å².